The van der Waals surface area contributed by atoms with Gasteiger partial charge in [0, 0.05) is 132 Å². The zero-order chi connectivity index (χ0) is 96.8. The van der Waals surface area contributed by atoms with Gasteiger partial charge in [-0.3, -0.25) is 14.4 Å². The third-order valence-corrected chi connectivity index (χ3v) is 25.7. The maximum Gasteiger partial charge on any atom is 0.451 e. The first kappa shape index (κ1) is 108. The zero-order valence-electron chi connectivity index (χ0n) is 75.9. The Morgan fingerprint density at radius 3 is 1.53 bits per heavy atom. The zero-order valence-corrected chi connectivity index (χ0v) is 78.9. The molecule has 0 bridgehead atoms. The lowest BCUT2D eigenvalue weighted by molar-refractivity contribution is -0.152. The van der Waals surface area contributed by atoms with Gasteiger partial charge in [-0.1, -0.05) is 141 Å². The number of unbranched alkanes of at least 4 members (excludes halogenated alkanes) is 3. The first-order valence-corrected chi connectivity index (χ1v) is 47.0. The Morgan fingerprint density at radius 1 is 0.549 bits per heavy atom. The quantitative estimate of drug-likeness (QED) is 0.00829. The highest BCUT2D eigenvalue weighted by Gasteiger charge is 2.42. The number of likely N-dealkylation sites (tertiary alicyclic amines) is 3. The fraction of sp³-hybridized carbons (Fsp3) is 0.495. The van der Waals surface area contributed by atoms with Crippen LogP contribution in [0.5, 0.6) is 0 Å². The van der Waals surface area contributed by atoms with E-state index < -0.39 is 65.0 Å². The number of methoxy groups -OCH3 is 1. The number of amides is 8. The number of aryl methyl sites for hydroxylation is 1. The Bertz CT molecular complexity index is 4960. The van der Waals surface area contributed by atoms with Crippen LogP contribution in [-0.4, -0.2) is 172 Å². The van der Waals surface area contributed by atoms with Crippen molar-refractivity contribution in [1.29, 1.82) is 5.26 Å². The number of ether oxygens (including phenoxy) is 1. The molecule has 7 aromatic rings. The molecule has 0 radical (unpaired) electrons. The van der Waals surface area contributed by atoms with E-state index in [1.807, 2.05) is 83.8 Å². The van der Waals surface area contributed by atoms with Gasteiger partial charge >= 0.3 is 48.6 Å². The Morgan fingerprint density at radius 2 is 1.04 bits per heavy atom. The molecule has 3 aliphatic heterocycles. The number of ketones is 2. The second-order valence-electron chi connectivity index (χ2n) is 34.1. The molecule has 21 nitrogen and oxygen atoms in total. The van der Waals surface area contributed by atoms with E-state index in [9.17, 15) is 73.1 Å². The number of nitriles is 1. The summed E-state index contributed by atoms with van der Waals surface area (Å²) in [5.74, 6) is 1.38. The molecule has 0 spiro atoms. The topological polar surface area (TPSA) is 245 Å². The van der Waals surface area contributed by atoms with Gasteiger partial charge in [0.25, 0.3) is 0 Å². The van der Waals surface area contributed by atoms with Crippen molar-refractivity contribution in [2.45, 2.75) is 237 Å². The number of nitrogens with one attached hydrogen (secondary N) is 5. The highest BCUT2D eigenvalue weighted by molar-refractivity contribution is 6.42. The van der Waals surface area contributed by atoms with Gasteiger partial charge in [-0.2, -0.15) is 44.8 Å². The van der Waals surface area contributed by atoms with Gasteiger partial charge in [-0.05, 0) is 212 Å². The highest BCUT2D eigenvalue weighted by atomic mass is 35.5. The highest BCUT2D eigenvalue weighted by Crippen LogP contribution is 2.40. The van der Waals surface area contributed by atoms with Crippen LogP contribution in [0, 0.1) is 36.5 Å². The van der Waals surface area contributed by atoms with Crippen LogP contribution in [0.3, 0.4) is 0 Å². The summed E-state index contributed by atoms with van der Waals surface area (Å²) in [5.41, 5.74) is 2.21. The lowest BCUT2D eigenvalue weighted by Gasteiger charge is -2.41. The van der Waals surface area contributed by atoms with Gasteiger partial charge in [-0.15, -0.1) is 35.5 Å². The molecule has 722 valence electrons. The van der Waals surface area contributed by atoms with Crippen molar-refractivity contribution in [1.82, 2.24) is 34.7 Å². The summed E-state index contributed by atoms with van der Waals surface area (Å²) in [7, 11) is 1.29. The summed E-state index contributed by atoms with van der Waals surface area (Å²) in [4.78, 5) is 101. The molecule has 1 aromatic heterocycles. The predicted octanol–water partition coefficient (Wildman–Crippen LogP) is 23.9. The van der Waals surface area contributed by atoms with E-state index in [0.717, 1.165) is 207 Å². The fourth-order valence-corrected chi connectivity index (χ4v) is 17.5. The standard InChI is InChI=1S/C29H32ClF3N2O2.C26H29Cl3N4O2.C24H32F3N3O2.C20H28F3N3O3/c1-2-3-4-8-21-13-15-26(16-14-21)35(20-23-10-6-5-9-22(23)17-27(36)19-30)28(37)34-25-12-7-11-24(18-25)29(31,32)33;27-17-23(34)15-19-5-1-2-6-20(19)18-33(22-9-13-32(14-10-22)12-4-3-11-30)26(35)31-21-7-8-24(28)25(29)16-21;1-4-8-17(2)29-13-11-20(12-14-29)30(16-19-9-6-5-7-10-19)23(31)28-21-15-18(3)32-22(21)24(25,26)27;1-3-4-10-26-11-8-19(9-12-26,14-17(27)29-2)25-18(28)24-16-7-5-6-15(13-16)20(21,22)23/h1,5-7,9-12,18,21,26H,3-4,8,13-17,19-20H2,(H,34,37);1-2,5-8,16,22H,3-4,9-10,12-15,17-18H2,(H,31,35);5-7,9-10,15,17,20H,4,8,11-14,16H2,1-3H3,(H,28,31);5-7,13H,3-4,8-12,14H2,1-2H3,(H2,24,25,28). The molecule has 4 aliphatic rings. The number of alkyl halides is 11. The minimum absolute atomic E-state index is 0.0150. The van der Waals surface area contributed by atoms with Gasteiger partial charge in [0.2, 0.25) is 5.76 Å². The molecule has 1 aliphatic carbocycles. The van der Waals surface area contributed by atoms with Crippen LogP contribution in [0.15, 0.2) is 156 Å². The van der Waals surface area contributed by atoms with Crippen molar-refractivity contribution < 1.29 is 82.2 Å². The molecule has 1 saturated carbocycles. The molecule has 8 amide bonds. The second-order valence-corrected chi connectivity index (χ2v) is 35.4. The first-order chi connectivity index (χ1) is 63.5. The van der Waals surface area contributed by atoms with Crippen LogP contribution in [0.1, 0.15) is 200 Å². The Hall–Kier alpha value is -10.1. The molecule has 11 rings (SSSR count). The maximum absolute atomic E-state index is 13.5. The normalized spacial score (nSPS) is 16.4. The largest absolute Gasteiger partial charge is 0.469 e. The molecule has 34 heteroatoms. The number of piperidine rings is 3. The molecule has 1 unspecified atom stereocenters. The molecule has 1 atom stereocenters. The summed E-state index contributed by atoms with van der Waals surface area (Å²) in [6.07, 6.45) is 8.51. The van der Waals surface area contributed by atoms with E-state index in [1.165, 1.54) is 44.4 Å². The number of carbonyl (C=O) groups is 7. The number of carbonyl (C=O) groups excluding carboxylic acids is 7. The maximum atomic E-state index is 13.5. The van der Waals surface area contributed by atoms with Gasteiger partial charge in [0.1, 0.15) is 5.76 Å². The SMILES string of the molecule is C#CCCCC1CCC(N(Cc2ccccc2CC(=O)CCl)C(=O)Nc2cccc(C(F)(F)F)c2)CC1.CCCC(C)N1CCC(N(Cc2ccccc2)C(=O)Nc2cc(C)oc2C(F)(F)F)CC1.CCCCN1CCC(CC(=O)OC)(NC(=O)Nc2cccc(C(F)(F)F)c2)CC1.N#CCCCN1CCC(N(Cc2ccccc2CC(=O)CCl)C(=O)Nc2ccc(Cl)c(Cl)c2)CC1. The number of benzene rings is 6. The van der Waals surface area contributed by atoms with Crippen LogP contribution < -0.4 is 26.6 Å². The third kappa shape index (κ3) is 35.6. The van der Waals surface area contributed by atoms with Crippen LogP contribution >= 0.6 is 46.4 Å². The number of nitrogens with zero attached hydrogens (tertiary/aromatic N) is 7. The average molecular weight is 1940 g/mol. The van der Waals surface area contributed by atoms with Gasteiger partial charge in [-0.25, -0.2) is 19.2 Å². The summed E-state index contributed by atoms with van der Waals surface area (Å²) in [6, 6.07) is 40.5. The number of halogens is 13. The monoisotopic (exact) mass is 1930 g/mol. The number of furan rings is 1. The number of esters is 1. The average Bonchev–Trinajstić information content (AvgIpc) is 1.70. The Balaban J connectivity index is 0.000000219. The minimum atomic E-state index is -4.68. The number of hydrogen-bond acceptors (Lipinski definition) is 13. The fourth-order valence-electron chi connectivity index (χ4n) is 17.0. The summed E-state index contributed by atoms with van der Waals surface area (Å²) in [6.45, 7) is 15.6. The van der Waals surface area contributed by atoms with E-state index in [0.29, 0.717) is 60.0 Å². The summed E-state index contributed by atoms with van der Waals surface area (Å²) >= 11 is 23.6. The predicted molar refractivity (Wildman–Crippen MR) is 503 cm³/mol. The van der Waals surface area contributed by atoms with E-state index in [4.69, 9.17) is 67.2 Å². The van der Waals surface area contributed by atoms with Crippen LogP contribution in [0.25, 0.3) is 0 Å². The molecular formula is C99H121Cl4F9N12O9. The lowest BCUT2D eigenvalue weighted by atomic mass is 9.82. The summed E-state index contributed by atoms with van der Waals surface area (Å²) < 4.78 is 128. The number of urea groups is 4. The summed E-state index contributed by atoms with van der Waals surface area (Å²) in [5, 5.41) is 23.0. The van der Waals surface area contributed by atoms with Crippen LogP contribution in [0.4, 0.5) is 81.4 Å². The molecular weight excluding hydrogens is 1810 g/mol. The molecule has 5 N–H and O–H groups in total. The molecule has 4 heterocycles. The van der Waals surface area contributed by atoms with Crippen molar-refractivity contribution >= 4 is 111 Å². The van der Waals surface area contributed by atoms with Crippen LogP contribution in [-0.2, 0) is 70.1 Å². The van der Waals surface area contributed by atoms with Crippen LogP contribution in [0.2, 0.25) is 10.0 Å². The van der Waals surface area contributed by atoms with Crippen molar-refractivity contribution in [3.05, 3.63) is 212 Å². The van der Waals surface area contributed by atoms with Crippen molar-refractivity contribution in [2.24, 2.45) is 5.92 Å². The molecule has 4 fully saturated rings. The van der Waals surface area contributed by atoms with Crippen molar-refractivity contribution in [3.63, 3.8) is 0 Å². The van der Waals surface area contributed by atoms with Gasteiger partial charge in [0.15, 0.2) is 11.6 Å². The number of anilines is 4. The van der Waals surface area contributed by atoms with Crippen molar-refractivity contribution in [3.8, 4) is 18.4 Å². The Labute approximate surface area is 794 Å². The lowest BCUT2D eigenvalue weighted by Crippen LogP contribution is -2.57. The van der Waals surface area contributed by atoms with E-state index >= 15 is 0 Å². The molecule has 6 aromatic carbocycles. The number of hydrogen-bond donors (Lipinski definition) is 5. The number of rotatable bonds is 34. The Kier molecular flexibility index (Phi) is 43.9. The van der Waals surface area contributed by atoms with E-state index in [-0.39, 0.29) is 96.1 Å². The number of Topliss-reactive ketones (excluding diaryl/α,β-unsaturated/α-hetero) is 2. The van der Waals surface area contributed by atoms with Gasteiger partial charge in [0.05, 0.1) is 63.8 Å². The molecule has 3 saturated heterocycles. The van der Waals surface area contributed by atoms with Gasteiger partial charge < -0.3 is 65.1 Å². The van der Waals surface area contributed by atoms with E-state index in [1.54, 1.807) is 28.0 Å². The number of terminal acetylenes is 1. The van der Waals surface area contributed by atoms with E-state index in [2.05, 4.69) is 74.0 Å². The minimum Gasteiger partial charge on any atom is -0.469 e. The molecule has 133 heavy (non-hydrogen) atoms. The smallest absolute Gasteiger partial charge is 0.451 e. The third-order valence-electron chi connectivity index (χ3n) is 24.3. The second kappa shape index (κ2) is 53.9. The first-order valence-electron chi connectivity index (χ1n) is 45.2. The van der Waals surface area contributed by atoms with Crippen molar-refractivity contribution in [2.75, 3.05) is 92.5 Å².